The second-order valence-electron chi connectivity index (χ2n) is 6.93. The van der Waals surface area contributed by atoms with Crippen LogP contribution in [0.3, 0.4) is 0 Å². The van der Waals surface area contributed by atoms with Gasteiger partial charge < -0.3 is 10.5 Å². The summed E-state index contributed by atoms with van der Waals surface area (Å²) in [5.41, 5.74) is 8.58. The maximum absolute atomic E-state index is 11.5. The van der Waals surface area contributed by atoms with Crippen LogP contribution in [0.1, 0.15) is 44.1 Å². The molecule has 0 unspecified atom stereocenters. The van der Waals surface area contributed by atoms with E-state index in [1.165, 1.54) is 23.8 Å². The first kappa shape index (κ1) is 18.8. The SMILES string of the molecule is CCOC(=O)CCCSc1nnc(N)n1-c1ccc(C2CC2)c2ccccc12. The van der Waals surface area contributed by atoms with Crippen molar-refractivity contribution < 1.29 is 9.53 Å². The maximum Gasteiger partial charge on any atom is 0.305 e. The molecule has 3 aromatic rings. The van der Waals surface area contributed by atoms with Crippen molar-refractivity contribution in [1.29, 1.82) is 0 Å². The number of nitrogen functional groups attached to an aromatic ring is 1. The Kier molecular flexibility index (Phi) is 5.52. The lowest BCUT2D eigenvalue weighted by Gasteiger charge is -2.14. The highest BCUT2D eigenvalue weighted by molar-refractivity contribution is 7.99. The smallest absolute Gasteiger partial charge is 0.305 e. The molecule has 0 radical (unpaired) electrons. The van der Waals surface area contributed by atoms with Crippen LogP contribution in [0, 0.1) is 0 Å². The van der Waals surface area contributed by atoms with Gasteiger partial charge in [0, 0.05) is 17.6 Å². The molecule has 0 amide bonds. The fourth-order valence-electron chi connectivity index (χ4n) is 3.47. The number of nitrogens with zero attached hydrogens (tertiary/aromatic N) is 3. The molecular formula is C21H24N4O2S. The van der Waals surface area contributed by atoms with E-state index in [4.69, 9.17) is 10.5 Å². The summed E-state index contributed by atoms with van der Waals surface area (Å²) in [4.78, 5) is 11.5. The molecule has 6 nitrogen and oxygen atoms in total. The lowest BCUT2D eigenvalue weighted by molar-refractivity contribution is -0.143. The van der Waals surface area contributed by atoms with Gasteiger partial charge in [-0.15, -0.1) is 10.2 Å². The number of rotatable bonds is 8. The number of fused-ring (bicyclic) bond motifs is 1. The summed E-state index contributed by atoms with van der Waals surface area (Å²) in [5.74, 6) is 1.63. The molecule has 0 aliphatic heterocycles. The summed E-state index contributed by atoms with van der Waals surface area (Å²) < 4.78 is 6.88. The monoisotopic (exact) mass is 396 g/mol. The molecule has 0 saturated heterocycles. The Labute approximate surface area is 168 Å². The van der Waals surface area contributed by atoms with E-state index in [2.05, 4.69) is 46.6 Å². The number of thioether (sulfide) groups is 1. The molecule has 2 aromatic carbocycles. The van der Waals surface area contributed by atoms with Gasteiger partial charge >= 0.3 is 5.97 Å². The van der Waals surface area contributed by atoms with E-state index in [1.54, 1.807) is 11.8 Å². The van der Waals surface area contributed by atoms with Gasteiger partial charge in [-0.05, 0) is 49.1 Å². The van der Waals surface area contributed by atoms with Gasteiger partial charge in [-0.2, -0.15) is 0 Å². The standard InChI is InChI=1S/C21H24N4O2S/c1-2-27-19(26)8-5-13-28-21-24-23-20(22)25(21)18-12-11-15(14-9-10-14)16-6-3-4-7-17(16)18/h3-4,6-7,11-12,14H,2,5,8-10,13H2,1H3,(H2,22,23). The summed E-state index contributed by atoms with van der Waals surface area (Å²) in [6.45, 7) is 2.23. The summed E-state index contributed by atoms with van der Waals surface area (Å²) in [7, 11) is 0. The highest BCUT2D eigenvalue weighted by Crippen LogP contribution is 2.44. The maximum atomic E-state index is 11.5. The Balaban J connectivity index is 1.59. The van der Waals surface area contributed by atoms with Crippen LogP contribution in [0.4, 0.5) is 5.95 Å². The number of carbonyl (C=O) groups is 1. The second kappa shape index (κ2) is 8.22. The normalized spacial score (nSPS) is 13.8. The zero-order chi connectivity index (χ0) is 19.5. The highest BCUT2D eigenvalue weighted by Gasteiger charge is 2.26. The molecular weight excluding hydrogens is 372 g/mol. The number of hydrogen-bond donors (Lipinski definition) is 1. The summed E-state index contributed by atoms with van der Waals surface area (Å²) >= 11 is 1.56. The third-order valence-corrected chi connectivity index (χ3v) is 5.93. The van der Waals surface area contributed by atoms with Crippen molar-refractivity contribution in [3.8, 4) is 5.69 Å². The Hall–Kier alpha value is -2.54. The number of ether oxygens (including phenoxy) is 1. The third-order valence-electron chi connectivity index (χ3n) is 4.91. The van der Waals surface area contributed by atoms with Crippen molar-refractivity contribution in [2.75, 3.05) is 18.1 Å². The third kappa shape index (κ3) is 3.85. The predicted octanol–water partition coefficient (Wildman–Crippen LogP) is 4.32. The van der Waals surface area contributed by atoms with E-state index in [1.807, 2.05) is 11.5 Å². The second-order valence-corrected chi connectivity index (χ2v) is 7.99. The Morgan fingerprint density at radius 1 is 1.21 bits per heavy atom. The number of anilines is 1. The van der Waals surface area contributed by atoms with Crippen molar-refractivity contribution in [2.24, 2.45) is 0 Å². The summed E-state index contributed by atoms with van der Waals surface area (Å²) in [6, 6.07) is 12.8. The van der Waals surface area contributed by atoms with Gasteiger partial charge in [0.05, 0.1) is 12.3 Å². The molecule has 1 aromatic heterocycles. The molecule has 0 atom stereocenters. The van der Waals surface area contributed by atoms with Crippen LogP contribution in [0.2, 0.25) is 0 Å². The van der Waals surface area contributed by atoms with E-state index in [9.17, 15) is 4.79 Å². The van der Waals surface area contributed by atoms with Crippen molar-refractivity contribution in [3.63, 3.8) is 0 Å². The van der Waals surface area contributed by atoms with Crippen molar-refractivity contribution in [2.45, 2.75) is 43.7 Å². The zero-order valence-corrected chi connectivity index (χ0v) is 16.7. The lowest BCUT2D eigenvalue weighted by atomic mass is 9.99. The first-order valence-corrected chi connectivity index (χ1v) is 10.7. The van der Waals surface area contributed by atoms with E-state index in [0.717, 1.165) is 28.4 Å². The number of esters is 1. The molecule has 1 aliphatic rings. The summed E-state index contributed by atoms with van der Waals surface area (Å²) in [6.07, 6.45) is 3.65. The predicted molar refractivity (Wildman–Crippen MR) is 112 cm³/mol. The van der Waals surface area contributed by atoms with Gasteiger partial charge in [0.25, 0.3) is 0 Å². The molecule has 1 heterocycles. The molecule has 1 aliphatic carbocycles. The molecule has 4 rings (SSSR count). The topological polar surface area (TPSA) is 83.0 Å². The average Bonchev–Trinajstić information content (AvgIpc) is 3.48. The van der Waals surface area contributed by atoms with Crippen LogP contribution < -0.4 is 5.73 Å². The van der Waals surface area contributed by atoms with Crippen LogP contribution in [0.25, 0.3) is 16.5 Å². The largest absolute Gasteiger partial charge is 0.466 e. The average molecular weight is 397 g/mol. The van der Waals surface area contributed by atoms with E-state index in [0.29, 0.717) is 24.9 Å². The van der Waals surface area contributed by atoms with Crippen LogP contribution in [0.5, 0.6) is 0 Å². The van der Waals surface area contributed by atoms with Crippen LogP contribution >= 0.6 is 11.8 Å². The summed E-state index contributed by atoms with van der Waals surface area (Å²) in [5, 5.41) is 11.5. The number of benzene rings is 2. The van der Waals surface area contributed by atoms with Gasteiger partial charge in [-0.25, -0.2) is 0 Å². The van der Waals surface area contributed by atoms with Crippen LogP contribution in [-0.4, -0.2) is 33.1 Å². The molecule has 2 N–H and O–H groups in total. The van der Waals surface area contributed by atoms with E-state index < -0.39 is 0 Å². The van der Waals surface area contributed by atoms with E-state index in [-0.39, 0.29) is 5.97 Å². The van der Waals surface area contributed by atoms with Gasteiger partial charge in [0.1, 0.15) is 0 Å². The van der Waals surface area contributed by atoms with Crippen molar-refractivity contribution >= 4 is 34.5 Å². The Bertz CT molecular complexity index is 997. The lowest BCUT2D eigenvalue weighted by Crippen LogP contribution is -2.05. The molecule has 146 valence electrons. The fourth-order valence-corrected chi connectivity index (χ4v) is 4.36. The molecule has 28 heavy (non-hydrogen) atoms. The van der Waals surface area contributed by atoms with Gasteiger partial charge in [-0.1, -0.05) is 42.1 Å². The Morgan fingerprint density at radius 3 is 2.75 bits per heavy atom. The zero-order valence-electron chi connectivity index (χ0n) is 15.9. The van der Waals surface area contributed by atoms with Gasteiger partial charge in [0.2, 0.25) is 5.95 Å². The molecule has 1 fully saturated rings. The molecule has 0 spiro atoms. The van der Waals surface area contributed by atoms with Gasteiger partial charge in [-0.3, -0.25) is 9.36 Å². The number of hydrogen-bond acceptors (Lipinski definition) is 6. The van der Waals surface area contributed by atoms with Gasteiger partial charge in [0.15, 0.2) is 5.16 Å². The van der Waals surface area contributed by atoms with E-state index >= 15 is 0 Å². The number of carbonyl (C=O) groups excluding carboxylic acids is 1. The number of nitrogens with two attached hydrogens (primary N) is 1. The van der Waals surface area contributed by atoms with Crippen molar-refractivity contribution in [3.05, 3.63) is 42.0 Å². The quantitative estimate of drug-likeness (QED) is 0.347. The molecule has 1 saturated carbocycles. The first-order chi connectivity index (χ1) is 13.7. The first-order valence-electron chi connectivity index (χ1n) is 9.70. The fraction of sp³-hybridized carbons (Fsp3) is 0.381. The van der Waals surface area contributed by atoms with Crippen molar-refractivity contribution in [1.82, 2.24) is 14.8 Å². The number of aromatic nitrogens is 3. The van der Waals surface area contributed by atoms with Crippen LogP contribution in [-0.2, 0) is 9.53 Å². The molecule has 0 bridgehead atoms. The minimum absolute atomic E-state index is 0.161. The minimum Gasteiger partial charge on any atom is -0.466 e. The highest BCUT2D eigenvalue weighted by atomic mass is 32.2. The molecule has 7 heteroatoms. The Morgan fingerprint density at radius 2 is 2.00 bits per heavy atom. The van der Waals surface area contributed by atoms with Crippen LogP contribution in [0.15, 0.2) is 41.6 Å². The minimum atomic E-state index is -0.161.